The van der Waals surface area contributed by atoms with Crippen LogP contribution in [0.2, 0.25) is 0 Å². The molecule has 0 spiro atoms. The highest BCUT2D eigenvalue weighted by Gasteiger charge is 2.12. The quantitative estimate of drug-likeness (QED) is 0.678. The first-order valence-electron chi connectivity index (χ1n) is 4.02. The summed E-state index contributed by atoms with van der Waals surface area (Å²) in [5.41, 5.74) is 0.246. The van der Waals surface area contributed by atoms with Crippen molar-refractivity contribution in [3.63, 3.8) is 0 Å². The molecule has 1 N–H and O–H groups in total. The number of hydrogen-bond acceptors (Lipinski definition) is 4. The van der Waals surface area contributed by atoms with Gasteiger partial charge in [0, 0.05) is 20.2 Å². The van der Waals surface area contributed by atoms with E-state index >= 15 is 0 Å². The minimum Gasteiger partial charge on any atom is -0.492 e. The Morgan fingerprint density at radius 2 is 2.14 bits per heavy atom. The average Bonchev–Trinajstić information content (AvgIpc) is 2.02. The van der Waals surface area contributed by atoms with Crippen molar-refractivity contribution in [1.29, 1.82) is 5.26 Å². The summed E-state index contributed by atoms with van der Waals surface area (Å²) in [6, 6.07) is 3.17. The molecular weight excluding hydrogens is 182 g/mol. The predicted octanol–water partition coefficient (Wildman–Crippen LogP) is -0.0684. The smallest absolute Gasteiger partial charge is 0.272 e. The van der Waals surface area contributed by atoms with E-state index < -0.39 is 0 Å². The zero-order chi connectivity index (χ0) is 10.9. The predicted molar refractivity (Wildman–Crippen MR) is 51.9 cm³/mol. The van der Waals surface area contributed by atoms with Gasteiger partial charge in [0.1, 0.15) is 11.6 Å². The largest absolute Gasteiger partial charge is 0.492 e. The second-order valence-electron chi connectivity index (χ2n) is 3.14. The number of hydrogen-bond donors (Lipinski definition) is 1. The van der Waals surface area contributed by atoms with Gasteiger partial charge in [0.2, 0.25) is 5.88 Å². The van der Waals surface area contributed by atoms with E-state index in [1.807, 2.05) is 6.07 Å². The summed E-state index contributed by atoms with van der Waals surface area (Å²) < 4.78 is 1.03. The molecule has 0 saturated carbocycles. The summed E-state index contributed by atoms with van der Waals surface area (Å²) in [6.45, 7) is 1.61. The summed E-state index contributed by atoms with van der Waals surface area (Å²) in [5.74, 6) is -0.317. The monoisotopic (exact) mass is 193 g/mol. The van der Waals surface area contributed by atoms with Gasteiger partial charge < -0.3 is 10.1 Å². The molecule has 1 rings (SSSR count). The molecule has 0 aliphatic carbocycles. The minimum absolute atomic E-state index is 0.123. The third-order valence-corrected chi connectivity index (χ3v) is 1.88. The Kier molecular flexibility index (Phi) is 2.47. The second kappa shape index (κ2) is 3.42. The van der Waals surface area contributed by atoms with Crippen LogP contribution in [0.1, 0.15) is 11.1 Å². The number of aromatic nitrogens is 1. The number of nitrogens with zero attached hydrogens (tertiary/aromatic N) is 3. The lowest BCUT2D eigenvalue weighted by Crippen LogP contribution is -2.36. The zero-order valence-electron chi connectivity index (χ0n) is 8.27. The van der Waals surface area contributed by atoms with E-state index in [2.05, 4.69) is 0 Å². The van der Waals surface area contributed by atoms with E-state index in [0.29, 0.717) is 5.56 Å². The van der Waals surface area contributed by atoms with Gasteiger partial charge in [-0.25, -0.2) is 0 Å². The standard InChI is InChI=1S/C9H11N3O2/c1-6-4-8(13)12(11(2)3)9(14)7(6)5-10/h4,14H,1-3H3. The van der Waals surface area contributed by atoms with Crippen LogP contribution in [0, 0.1) is 18.3 Å². The van der Waals surface area contributed by atoms with Gasteiger partial charge >= 0.3 is 0 Å². The Bertz CT molecular complexity index is 454. The van der Waals surface area contributed by atoms with E-state index in [1.165, 1.54) is 11.1 Å². The van der Waals surface area contributed by atoms with Gasteiger partial charge in [-0.05, 0) is 12.5 Å². The summed E-state index contributed by atoms with van der Waals surface area (Å²) >= 11 is 0. The van der Waals surface area contributed by atoms with Gasteiger partial charge in [-0.2, -0.15) is 9.94 Å². The molecule has 0 atom stereocenters. The molecule has 0 amide bonds. The van der Waals surface area contributed by atoms with E-state index in [-0.39, 0.29) is 17.0 Å². The third-order valence-electron chi connectivity index (χ3n) is 1.88. The van der Waals surface area contributed by atoms with Gasteiger partial charge in [-0.3, -0.25) is 4.79 Å². The molecule has 0 fully saturated rings. The second-order valence-corrected chi connectivity index (χ2v) is 3.14. The van der Waals surface area contributed by atoms with E-state index in [9.17, 15) is 9.90 Å². The summed E-state index contributed by atoms with van der Waals surface area (Å²) in [5, 5.41) is 19.8. The van der Waals surface area contributed by atoms with Gasteiger partial charge in [0.15, 0.2) is 0 Å². The first-order valence-corrected chi connectivity index (χ1v) is 4.02. The first kappa shape index (κ1) is 10.1. The Morgan fingerprint density at radius 3 is 2.57 bits per heavy atom. The fourth-order valence-corrected chi connectivity index (χ4v) is 1.23. The van der Waals surface area contributed by atoms with Crippen molar-refractivity contribution >= 4 is 0 Å². The Morgan fingerprint density at radius 1 is 1.57 bits per heavy atom. The molecule has 1 heterocycles. The van der Waals surface area contributed by atoms with Crippen LogP contribution in [0.5, 0.6) is 5.88 Å². The molecule has 0 bridgehead atoms. The molecule has 0 aliphatic rings. The van der Waals surface area contributed by atoms with Crippen LogP contribution in [0.4, 0.5) is 0 Å². The van der Waals surface area contributed by atoms with Crippen molar-refractivity contribution in [2.75, 3.05) is 19.1 Å². The maximum Gasteiger partial charge on any atom is 0.272 e. The highest BCUT2D eigenvalue weighted by Crippen LogP contribution is 2.16. The first-order chi connectivity index (χ1) is 6.49. The lowest BCUT2D eigenvalue weighted by atomic mass is 10.2. The van der Waals surface area contributed by atoms with Crippen LogP contribution in [0.15, 0.2) is 10.9 Å². The van der Waals surface area contributed by atoms with Gasteiger partial charge in [-0.15, -0.1) is 0 Å². The number of aryl methyl sites for hydroxylation is 1. The van der Waals surface area contributed by atoms with Gasteiger partial charge in [-0.1, -0.05) is 0 Å². The summed E-state index contributed by atoms with van der Waals surface area (Å²) in [4.78, 5) is 11.4. The molecular formula is C9H11N3O2. The molecule has 0 aliphatic heterocycles. The maximum atomic E-state index is 11.4. The van der Waals surface area contributed by atoms with Gasteiger partial charge in [0.05, 0.1) is 0 Å². The van der Waals surface area contributed by atoms with Crippen LogP contribution in [-0.2, 0) is 0 Å². The Labute approximate surface area is 81.4 Å². The van der Waals surface area contributed by atoms with Crippen LogP contribution in [-0.4, -0.2) is 23.9 Å². The Hall–Kier alpha value is -1.96. The van der Waals surface area contributed by atoms with Crippen molar-refractivity contribution in [3.8, 4) is 11.9 Å². The van der Waals surface area contributed by atoms with Crippen LogP contribution >= 0.6 is 0 Å². The fraction of sp³-hybridized carbons (Fsp3) is 0.333. The molecule has 1 aromatic heterocycles. The number of nitriles is 1. The van der Waals surface area contributed by atoms with E-state index in [0.717, 1.165) is 4.68 Å². The maximum absolute atomic E-state index is 11.4. The minimum atomic E-state index is -0.357. The molecule has 0 saturated heterocycles. The van der Waals surface area contributed by atoms with E-state index in [4.69, 9.17) is 5.26 Å². The molecule has 0 radical (unpaired) electrons. The van der Waals surface area contributed by atoms with Crippen molar-refractivity contribution in [2.24, 2.45) is 0 Å². The Balaban J connectivity index is 3.63. The number of pyridine rings is 1. The molecule has 14 heavy (non-hydrogen) atoms. The number of aromatic hydroxyl groups is 1. The molecule has 5 nitrogen and oxygen atoms in total. The highest BCUT2D eigenvalue weighted by atomic mass is 16.3. The number of rotatable bonds is 1. The molecule has 0 unspecified atom stereocenters. The van der Waals surface area contributed by atoms with Crippen molar-refractivity contribution < 1.29 is 5.11 Å². The summed E-state index contributed by atoms with van der Waals surface area (Å²) in [7, 11) is 3.22. The normalized spacial score (nSPS) is 9.57. The SMILES string of the molecule is Cc1cc(=O)n(N(C)C)c(O)c1C#N. The van der Waals surface area contributed by atoms with Crippen LogP contribution < -0.4 is 10.6 Å². The highest BCUT2D eigenvalue weighted by molar-refractivity contribution is 5.44. The lowest BCUT2D eigenvalue weighted by Gasteiger charge is -2.18. The van der Waals surface area contributed by atoms with E-state index in [1.54, 1.807) is 21.0 Å². The third kappa shape index (κ3) is 1.42. The van der Waals surface area contributed by atoms with Crippen molar-refractivity contribution in [3.05, 3.63) is 27.5 Å². The topological polar surface area (TPSA) is 69.3 Å². The van der Waals surface area contributed by atoms with Gasteiger partial charge in [0.25, 0.3) is 5.56 Å². The molecule has 5 heteroatoms. The summed E-state index contributed by atoms with van der Waals surface area (Å²) in [6.07, 6.45) is 0. The molecule has 74 valence electrons. The zero-order valence-corrected chi connectivity index (χ0v) is 8.27. The lowest BCUT2D eigenvalue weighted by molar-refractivity contribution is 0.407. The van der Waals surface area contributed by atoms with Crippen LogP contribution in [0.25, 0.3) is 0 Å². The average molecular weight is 193 g/mol. The van der Waals surface area contributed by atoms with Crippen LogP contribution in [0.3, 0.4) is 0 Å². The van der Waals surface area contributed by atoms with Crippen molar-refractivity contribution in [2.45, 2.75) is 6.92 Å². The fourth-order valence-electron chi connectivity index (χ4n) is 1.23. The van der Waals surface area contributed by atoms with Crippen molar-refractivity contribution in [1.82, 2.24) is 4.68 Å². The molecule has 1 aromatic rings. The molecule has 0 aromatic carbocycles.